The molecule has 2 rings (SSSR count). The maximum atomic E-state index is 6.30. The van der Waals surface area contributed by atoms with Gasteiger partial charge in [0.25, 0.3) is 0 Å². The van der Waals surface area contributed by atoms with E-state index in [1.54, 1.807) is 0 Å². The molecule has 0 aliphatic heterocycles. The van der Waals surface area contributed by atoms with Crippen molar-refractivity contribution in [1.82, 2.24) is 0 Å². The van der Waals surface area contributed by atoms with Gasteiger partial charge in [0.15, 0.2) is 0 Å². The van der Waals surface area contributed by atoms with Gasteiger partial charge in [0.1, 0.15) is 6.10 Å². The van der Waals surface area contributed by atoms with Crippen LogP contribution in [0.3, 0.4) is 0 Å². The standard InChI is InChI=1S/C19H29NO/c1-5-20-19(21-16-11-7-6-8-12-16)18(14(2)3)17-13-9-10-15(17)4/h5,16H,2,6-13H2,1,3-4H3/b19-18-,20-5?. The highest BCUT2D eigenvalue weighted by Crippen LogP contribution is 2.37. The Balaban J connectivity index is 2.33. The SMILES string of the molecule is C=C(C)/C(C1=C(C)CCC1)=C(\N=CC)OC1CCCCC1. The lowest BCUT2D eigenvalue weighted by atomic mass is 9.96. The number of ether oxygens (including phenoxy) is 1. The Kier molecular flexibility index (Phi) is 5.84. The molecule has 0 spiro atoms. The van der Waals surface area contributed by atoms with Gasteiger partial charge in [-0.15, -0.1) is 0 Å². The van der Waals surface area contributed by atoms with E-state index in [4.69, 9.17) is 4.74 Å². The fraction of sp³-hybridized carbons (Fsp3) is 0.632. The van der Waals surface area contributed by atoms with Gasteiger partial charge in [0.05, 0.1) is 0 Å². The van der Waals surface area contributed by atoms with Crippen molar-refractivity contribution in [1.29, 1.82) is 0 Å². The summed E-state index contributed by atoms with van der Waals surface area (Å²) in [6, 6.07) is 0. The molecule has 0 unspecified atom stereocenters. The van der Waals surface area contributed by atoms with Gasteiger partial charge in [-0.3, -0.25) is 0 Å². The highest BCUT2D eigenvalue weighted by Gasteiger charge is 2.23. The number of allylic oxidation sites excluding steroid dienone is 4. The molecule has 0 radical (unpaired) electrons. The third-order valence-corrected chi connectivity index (χ3v) is 4.51. The Labute approximate surface area is 129 Å². The summed E-state index contributed by atoms with van der Waals surface area (Å²) >= 11 is 0. The van der Waals surface area contributed by atoms with Crippen molar-refractivity contribution in [3.63, 3.8) is 0 Å². The maximum absolute atomic E-state index is 6.30. The van der Waals surface area contributed by atoms with Crippen LogP contribution in [0, 0.1) is 0 Å². The predicted octanol–water partition coefficient (Wildman–Crippen LogP) is 5.71. The fourth-order valence-corrected chi connectivity index (χ4v) is 3.41. The van der Waals surface area contributed by atoms with Gasteiger partial charge in [0.2, 0.25) is 5.88 Å². The molecule has 0 saturated heterocycles. The number of aliphatic imine (C=N–C) groups is 1. The molecule has 0 aromatic carbocycles. The van der Waals surface area contributed by atoms with E-state index >= 15 is 0 Å². The van der Waals surface area contributed by atoms with E-state index < -0.39 is 0 Å². The topological polar surface area (TPSA) is 21.6 Å². The lowest BCUT2D eigenvalue weighted by molar-refractivity contribution is 0.0800. The van der Waals surface area contributed by atoms with Crippen molar-refractivity contribution >= 4 is 6.21 Å². The van der Waals surface area contributed by atoms with E-state index in [-0.39, 0.29) is 0 Å². The van der Waals surface area contributed by atoms with Gasteiger partial charge < -0.3 is 4.74 Å². The number of rotatable bonds is 5. The molecule has 0 heterocycles. The summed E-state index contributed by atoms with van der Waals surface area (Å²) in [5.74, 6) is 0.799. The molecule has 0 aromatic rings. The first-order chi connectivity index (χ1) is 10.1. The smallest absolute Gasteiger partial charge is 0.221 e. The van der Waals surface area contributed by atoms with Gasteiger partial charge in [-0.2, -0.15) is 0 Å². The Morgan fingerprint density at radius 1 is 1.19 bits per heavy atom. The van der Waals surface area contributed by atoms with Gasteiger partial charge >= 0.3 is 0 Å². The zero-order valence-corrected chi connectivity index (χ0v) is 13.9. The largest absolute Gasteiger partial charge is 0.474 e. The zero-order chi connectivity index (χ0) is 15.2. The molecule has 0 atom stereocenters. The monoisotopic (exact) mass is 287 g/mol. The van der Waals surface area contributed by atoms with Crippen LogP contribution in [0.1, 0.15) is 72.1 Å². The van der Waals surface area contributed by atoms with Crippen LogP contribution in [0.4, 0.5) is 0 Å². The van der Waals surface area contributed by atoms with E-state index in [2.05, 4.69) is 25.4 Å². The van der Waals surface area contributed by atoms with Gasteiger partial charge in [-0.25, -0.2) is 4.99 Å². The third-order valence-electron chi connectivity index (χ3n) is 4.51. The van der Waals surface area contributed by atoms with Crippen LogP contribution in [0.2, 0.25) is 0 Å². The molecular formula is C19H29NO. The summed E-state index contributed by atoms with van der Waals surface area (Å²) in [6.45, 7) is 10.4. The molecule has 0 N–H and O–H groups in total. The molecule has 2 heteroatoms. The van der Waals surface area contributed by atoms with Gasteiger partial charge in [-0.1, -0.05) is 18.6 Å². The summed E-state index contributed by atoms with van der Waals surface area (Å²) < 4.78 is 6.30. The fourth-order valence-electron chi connectivity index (χ4n) is 3.41. The first-order valence-electron chi connectivity index (χ1n) is 8.38. The van der Waals surface area contributed by atoms with Crippen LogP contribution in [0.15, 0.2) is 39.7 Å². The van der Waals surface area contributed by atoms with Crippen molar-refractivity contribution in [2.45, 2.75) is 78.2 Å². The molecule has 116 valence electrons. The summed E-state index contributed by atoms with van der Waals surface area (Å²) in [5.41, 5.74) is 5.12. The minimum Gasteiger partial charge on any atom is -0.474 e. The lowest BCUT2D eigenvalue weighted by Gasteiger charge is -2.25. The van der Waals surface area contributed by atoms with Crippen LogP contribution in [-0.4, -0.2) is 12.3 Å². The van der Waals surface area contributed by atoms with Crippen LogP contribution in [0.5, 0.6) is 0 Å². The van der Waals surface area contributed by atoms with Crippen LogP contribution in [0.25, 0.3) is 0 Å². The molecular weight excluding hydrogens is 258 g/mol. The molecule has 0 aromatic heterocycles. The van der Waals surface area contributed by atoms with E-state index in [9.17, 15) is 0 Å². The average molecular weight is 287 g/mol. The molecule has 0 bridgehead atoms. The van der Waals surface area contributed by atoms with Gasteiger partial charge in [-0.05, 0) is 76.9 Å². The second-order valence-electron chi connectivity index (χ2n) is 6.34. The predicted molar refractivity (Wildman–Crippen MR) is 90.5 cm³/mol. The molecule has 21 heavy (non-hydrogen) atoms. The number of hydrogen-bond donors (Lipinski definition) is 0. The Bertz CT molecular complexity index is 476. The van der Waals surface area contributed by atoms with Crippen molar-refractivity contribution in [3.05, 3.63) is 34.8 Å². The molecule has 1 saturated carbocycles. The van der Waals surface area contributed by atoms with Gasteiger partial charge in [0, 0.05) is 11.8 Å². The van der Waals surface area contributed by atoms with Crippen LogP contribution >= 0.6 is 0 Å². The first-order valence-corrected chi connectivity index (χ1v) is 8.38. The van der Waals surface area contributed by atoms with Crippen molar-refractivity contribution in [2.75, 3.05) is 0 Å². The van der Waals surface area contributed by atoms with Crippen LogP contribution in [-0.2, 0) is 4.74 Å². The van der Waals surface area contributed by atoms with Crippen molar-refractivity contribution in [3.8, 4) is 0 Å². The van der Waals surface area contributed by atoms with Crippen LogP contribution < -0.4 is 0 Å². The normalized spacial score (nSPS) is 21.9. The quantitative estimate of drug-likeness (QED) is 0.360. The molecule has 2 aliphatic carbocycles. The Morgan fingerprint density at radius 2 is 1.90 bits per heavy atom. The van der Waals surface area contributed by atoms with E-state index in [0.717, 1.165) is 36.3 Å². The molecule has 1 fully saturated rings. The number of nitrogens with zero attached hydrogens (tertiary/aromatic N) is 1. The summed E-state index contributed by atoms with van der Waals surface area (Å²) in [4.78, 5) is 4.56. The summed E-state index contributed by atoms with van der Waals surface area (Å²) in [5, 5.41) is 0. The maximum Gasteiger partial charge on any atom is 0.221 e. The van der Waals surface area contributed by atoms with E-state index in [1.807, 2.05) is 13.1 Å². The van der Waals surface area contributed by atoms with Crippen molar-refractivity contribution < 1.29 is 4.74 Å². The molecule has 2 aliphatic rings. The zero-order valence-electron chi connectivity index (χ0n) is 13.9. The molecule has 2 nitrogen and oxygen atoms in total. The molecule has 0 amide bonds. The average Bonchev–Trinajstić information content (AvgIpc) is 2.86. The minimum atomic E-state index is 0.328. The van der Waals surface area contributed by atoms with Crippen molar-refractivity contribution in [2.24, 2.45) is 4.99 Å². The Hall–Kier alpha value is -1.31. The number of hydrogen-bond acceptors (Lipinski definition) is 2. The summed E-state index contributed by atoms with van der Waals surface area (Å²) in [7, 11) is 0. The minimum absolute atomic E-state index is 0.328. The second kappa shape index (κ2) is 7.63. The summed E-state index contributed by atoms with van der Waals surface area (Å²) in [6.07, 6.45) is 11.9. The van der Waals surface area contributed by atoms with E-state index in [0.29, 0.717) is 6.10 Å². The highest BCUT2D eigenvalue weighted by atomic mass is 16.5. The lowest BCUT2D eigenvalue weighted by Crippen LogP contribution is -2.17. The van der Waals surface area contributed by atoms with E-state index in [1.165, 1.54) is 43.3 Å². The highest BCUT2D eigenvalue weighted by molar-refractivity contribution is 5.58. The second-order valence-corrected chi connectivity index (χ2v) is 6.34. The third kappa shape index (κ3) is 4.09. The first kappa shape index (κ1) is 16.1. The Morgan fingerprint density at radius 3 is 2.43 bits per heavy atom.